The van der Waals surface area contributed by atoms with Crippen molar-refractivity contribution in [2.75, 3.05) is 19.0 Å². The van der Waals surface area contributed by atoms with Crippen LogP contribution in [0.2, 0.25) is 10.0 Å². The number of ether oxygens (including phenoxy) is 1. The van der Waals surface area contributed by atoms with Crippen molar-refractivity contribution in [3.8, 4) is 23.0 Å². The highest BCUT2D eigenvalue weighted by Crippen LogP contribution is 2.36. The maximum Gasteiger partial charge on any atom is 0.247 e. The lowest BCUT2D eigenvalue weighted by atomic mass is 10.1. The predicted molar refractivity (Wildman–Crippen MR) is 128 cm³/mol. The zero-order valence-corrected chi connectivity index (χ0v) is 20.2. The minimum atomic E-state index is -0.608. The van der Waals surface area contributed by atoms with Gasteiger partial charge in [-0.15, -0.1) is 10.2 Å². The Balaban J connectivity index is 1.59. The van der Waals surface area contributed by atoms with E-state index >= 15 is 4.39 Å². The van der Waals surface area contributed by atoms with Gasteiger partial charge in [0.15, 0.2) is 11.6 Å². The quantitative estimate of drug-likeness (QED) is 0.257. The van der Waals surface area contributed by atoms with E-state index in [4.69, 9.17) is 32.4 Å². The summed E-state index contributed by atoms with van der Waals surface area (Å²) >= 11 is 15.6. The van der Waals surface area contributed by atoms with Crippen LogP contribution in [0, 0.1) is 5.82 Å². The summed E-state index contributed by atoms with van der Waals surface area (Å²) in [5.74, 6) is 0.272. The highest BCUT2D eigenvalue weighted by Gasteiger charge is 2.18. The first-order valence-electron chi connectivity index (χ1n) is 9.51. The maximum atomic E-state index is 15.2. The van der Waals surface area contributed by atoms with Crippen LogP contribution in [0.3, 0.4) is 0 Å². The number of aromatic nitrogens is 2. The number of rotatable bonds is 6. The summed E-state index contributed by atoms with van der Waals surface area (Å²) in [6.45, 7) is 0. The van der Waals surface area contributed by atoms with E-state index in [-0.39, 0.29) is 23.1 Å². The molecule has 0 aliphatic heterocycles. The SMILES string of the molecule is CN(C)c1cccc(-c2nnc(Cc3ccc(Cl)c(Oc4cc(Cl)cc(Br)c4)c3F)o2)c1. The summed E-state index contributed by atoms with van der Waals surface area (Å²) < 4.78 is 27.4. The number of nitrogens with zero attached hydrogens (tertiary/aromatic N) is 3. The van der Waals surface area contributed by atoms with Crippen LogP contribution in [0.15, 0.2) is 63.5 Å². The molecular weight excluding hydrogens is 520 g/mol. The molecule has 0 unspecified atom stereocenters. The molecule has 0 radical (unpaired) electrons. The van der Waals surface area contributed by atoms with Crippen LogP contribution in [0.4, 0.5) is 10.1 Å². The van der Waals surface area contributed by atoms with Gasteiger partial charge in [-0.25, -0.2) is 4.39 Å². The highest BCUT2D eigenvalue weighted by atomic mass is 79.9. The summed E-state index contributed by atoms with van der Waals surface area (Å²) in [5.41, 5.74) is 2.09. The molecule has 164 valence electrons. The normalized spacial score (nSPS) is 10.9. The lowest BCUT2D eigenvalue weighted by Gasteiger charge is -2.12. The molecule has 0 fully saturated rings. The van der Waals surface area contributed by atoms with Crippen LogP contribution in [0.1, 0.15) is 11.5 Å². The minimum absolute atomic E-state index is 0.0823. The van der Waals surface area contributed by atoms with Crippen molar-refractivity contribution in [2.45, 2.75) is 6.42 Å². The van der Waals surface area contributed by atoms with Gasteiger partial charge in [-0.05, 0) is 42.5 Å². The van der Waals surface area contributed by atoms with Crippen LogP contribution >= 0.6 is 39.1 Å². The summed E-state index contributed by atoms with van der Waals surface area (Å²) in [5, 5.41) is 8.75. The molecule has 0 N–H and O–H groups in total. The number of halogens is 4. The van der Waals surface area contributed by atoms with E-state index < -0.39 is 5.82 Å². The second-order valence-corrected chi connectivity index (χ2v) is 8.94. The lowest BCUT2D eigenvalue weighted by Crippen LogP contribution is -2.08. The van der Waals surface area contributed by atoms with Crippen molar-refractivity contribution in [3.05, 3.63) is 86.4 Å². The van der Waals surface area contributed by atoms with Gasteiger partial charge in [-0.2, -0.15) is 0 Å². The summed E-state index contributed by atoms with van der Waals surface area (Å²) in [6, 6.07) is 15.8. The molecule has 0 spiro atoms. The molecule has 9 heteroatoms. The molecule has 0 aliphatic rings. The topological polar surface area (TPSA) is 51.4 Å². The van der Waals surface area contributed by atoms with Gasteiger partial charge in [0, 0.05) is 40.4 Å². The van der Waals surface area contributed by atoms with Crippen LogP contribution < -0.4 is 9.64 Å². The first kappa shape index (κ1) is 22.6. The van der Waals surface area contributed by atoms with Crippen LogP contribution in [-0.2, 0) is 6.42 Å². The van der Waals surface area contributed by atoms with Gasteiger partial charge in [0.2, 0.25) is 11.8 Å². The number of benzene rings is 3. The van der Waals surface area contributed by atoms with Gasteiger partial charge < -0.3 is 14.1 Å². The van der Waals surface area contributed by atoms with E-state index in [1.807, 2.05) is 43.3 Å². The molecule has 4 aromatic rings. The van der Waals surface area contributed by atoms with Crippen molar-refractivity contribution in [2.24, 2.45) is 0 Å². The van der Waals surface area contributed by atoms with Gasteiger partial charge >= 0.3 is 0 Å². The Morgan fingerprint density at radius 2 is 1.88 bits per heavy atom. The van der Waals surface area contributed by atoms with Crippen molar-refractivity contribution in [3.63, 3.8) is 0 Å². The largest absolute Gasteiger partial charge is 0.453 e. The smallest absolute Gasteiger partial charge is 0.247 e. The summed E-state index contributed by atoms with van der Waals surface area (Å²) in [6.07, 6.45) is 0.0823. The molecule has 0 saturated carbocycles. The molecule has 0 saturated heterocycles. The summed E-state index contributed by atoms with van der Waals surface area (Å²) in [7, 11) is 3.90. The van der Waals surface area contributed by atoms with E-state index in [9.17, 15) is 0 Å². The fourth-order valence-corrected chi connectivity index (χ4v) is 4.04. The molecule has 32 heavy (non-hydrogen) atoms. The molecule has 1 aromatic heterocycles. The Morgan fingerprint density at radius 1 is 1.06 bits per heavy atom. The van der Waals surface area contributed by atoms with Crippen molar-refractivity contribution < 1.29 is 13.5 Å². The minimum Gasteiger partial charge on any atom is -0.453 e. The average molecular weight is 537 g/mol. The highest BCUT2D eigenvalue weighted by molar-refractivity contribution is 9.10. The third kappa shape index (κ3) is 5.06. The van der Waals surface area contributed by atoms with E-state index in [1.165, 1.54) is 0 Å². The molecule has 0 atom stereocenters. The molecule has 0 bridgehead atoms. The molecular formula is C23H17BrCl2FN3O2. The Labute approximate surface area is 202 Å². The molecule has 5 nitrogen and oxygen atoms in total. The van der Waals surface area contributed by atoms with E-state index in [1.54, 1.807) is 30.3 Å². The molecule has 3 aromatic carbocycles. The third-order valence-corrected chi connectivity index (χ3v) is 5.58. The van der Waals surface area contributed by atoms with Gasteiger partial charge in [0.1, 0.15) is 5.75 Å². The molecule has 4 rings (SSSR count). The van der Waals surface area contributed by atoms with Gasteiger partial charge in [0.25, 0.3) is 0 Å². The van der Waals surface area contributed by atoms with Gasteiger partial charge in [0.05, 0.1) is 11.4 Å². The zero-order chi connectivity index (χ0) is 22.8. The maximum absolute atomic E-state index is 15.2. The van der Waals surface area contributed by atoms with Crippen molar-refractivity contribution in [1.82, 2.24) is 10.2 Å². The number of hydrogen-bond donors (Lipinski definition) is 0. The molecule has 0 aliphatic carbocycles. The second-order valence-electron chi connectivity index (χ2n) is 7.18. The Bertz CT molecular complexity index is 1260. The molecule has 0 amide bonds. The zero-order valence-electron chi connectivity index (χ0n) is 17.1. The van der Waals surface area contributed by atoms with Crippen LogP contribution in [0.25, 0.3) is 11.5 Å². The standard InChI is InChI=1S/C23H17BrCl2FN3O2/c1-30(2)17-5-3-4-14(8-17)23-29-28-20(32-23)9-13-6-7-19(26)22(21(13)27)31-18-11-15(24)10-16(25)12-18/h3-8,10-12H,9H2,1-2H3. The van der Waals surface area contributed by atoms with Crippen LogP contribution in [0.5, 0.6) is 11.5 Å². The Hall–Kier alpha value is -2.61. The number of hydrogen-bond acceptors (Lipinski definition) is 5. The molecule has 1 heterocycles. The van der Waals surface area contributed by atoms with Crippen molar-refractivity contribution in [1.29, 1.82) is 0 Å². The average Bonchev–Trinajstić information content (AvgIpc) is 3.21. The monoisotopic (exact) mass is 535 g/mol. The fourth-order valence-electron chi connectivity index (χ4n) is 3.03. The van der Waals surface area contributed by atoms with Gasteiger partial charge in [-0.3, -0.25) is 0 Å². The summed E-state index contributed by atoms with van der Waals surface area (Å²) in [4.78, 5) is 1.98. The van der Waals surface area contributed by atoms with Crippen molar-refractivity contribution >= 4 is 44.8 Å². The van der Waals surface area contributed by atoms with E-state index in [2.05, 4.69) is 26.1 Å². The fraction of sp³-hybridized carbons (Fsp3) is 0.130. The Morgan fingerprint density at radius 3 is 2.62 bits per heavy atom. The Kier molecular flexibility index (Phi) is 6.69. The second kappa shape index (κ2) is 9.48. The predicted octanol–water partition coefficient (Wildman–Crippen LogP) is 7.39. The van der Waals surface area contributed by atoms with Gasteiger partial charge in [-0.1, -0.05) is 51.3 Å². The van der Waals surface area contributed by atoms with E-state index in [0.29, 0.717) is 26.7 Å². The number of anilines is 1. The first-order valence-corrected chi connectivity index (χ1v) is 11.1. The van der Waals surface area contributed by atoms with E-state index in [0.717, 1.165) is 11.3 Å². The van der Waals surface area contributed by atoms with Crippen LogP contribution in [-0.4, -0.2) is 24.3 Å². The third-order valence-electron chi connectivity index (χ3n) is 4.60. The first-order chi connectivity index (χ1) is 15.3. The lowest BCUT2D eigenvalue weighted by molar-refractivity contribution is 0.437.